The summed E-state index contributed by atoms with van der Waals surface area (Å²) in [6, 6.07) is 12.2. The summed E-state index contributed by atoms with van der Waals surface area (Å²) < 4.78 is 5.25. The molecular weight excluding hydrogens is 342 g/mol. The molecule has 142 valence electrons. The number of aliphatic hydroxyl groups excluding tert-OH is 1. The standard InChI is InChI=1S/C21H25N3O3/c1-21(2)15-11-16-18(12-17(15)24(9-10-25)20(21)26)23(3)19(22-16)13-5-7-14(27-4)8-6-13/h5-8,11-12,19,22,25H,9-10H2,1-4H3. The number of methoxy groups -OCH3 is 1. The van der Waals surface area contributed by atoms with E-state index >= 15 is 0 Å². The number of β-amino-alcohol motifs (C(OH)–C–C–N with tert-alkyl or cyclic N) is 1. The van der Waals surface area contributed by atoms with Crippen LogP contribution >= 0.6 is 0 Å². The molecule has 1 unspecified atom stereocenters. The van der Waals surface area contributed by atoms with E-state index < -0.39 is 5.41 Å². The lowest BCUT2D eigenvalue weighted by atomic mass is 9.86. The lowest BCUT2D eigenvalue weighted by Crippen LogP contribution is -2.37. The van der Waals surface area contributed by atoms with Crippen LogP contribution in [0.25, 0.3) is 0 Å². The molecule has 2 aromatic carbocycles. The minimum atomic E-state index is -0.599. The van der Waals surface area contributed by atoms with Crippen LogP contribution in [-0.2, 0) is 10.2 Å². The van der Waals surface area contributed by atoms with E-state index in [0.29, 0.717) is 6.54 Å². The third-order valence-electron chi connectivity index (χ3n) is 5.67. The summed E-state index contributed by atoms with van der Waals surface area (Å²) >= 11 is 0. The summed E-state index contributed by atoms with van der Waals surface area (Å²) in [6.07, 6.45) is 0.0125. The van der Waals surface area contributed by atoms with Crippen LogP contribution < -0.4 is 19.9 Å². The van der Waals surface area contributed by atoms with Gasteiger partial charge in [0.05, 0.1) is 36.2 Å². The third-order valence-corrected chi connectivity index (χ3v) is 5.67. The van der Waals surface area contributed by atoms with Gasteiger partial charge in [0.1, 0.15) is 11.9 Å². The smallest absolute Gasteiger partial charge is 0.237 e. The molecule has 6 heteroatoms. The van der Waals surface area contributed by atoms with Crippen LogP contribution in [0.2, 0.25) is 0 Å². The number of hydrogen-bond donors (Lipinski definition) is 2. The SMILES string of the molecule is COc1ccc(C2Nc3cc4c(cc3N2C)N(CCO)C(=O)C4(C)C)cc1. The van der Waals surface area contributed by atoms with Crippen LogP contribution in [0.5, 0.6) is 5.75 Å². The first-order valence-electron chi connectivity index (χ1n) is 9.13. The number of nitrogens with zero attached hydrogens (tertiary/aromatic N) is 2. The molecule has 2 heterocycles. The van der Waals surface area contributed by atoms with Crippen LogP contribution in [0.15, 0.2) is 36.4 Å². The van der Waals surface area contributed by atoms with E-state index in [9.17, 15) is 9.90 Å². The van der Waals surface area contributed by atoms with Gasteiger partial charge in [-0.3, -0.25) is 4.79 Å². The van der Waals surface area contributed by atoms with Gasteiger partial charge in [0.25, 0.3) is 0 Å². The van der Waals surface area contributed by atoms with E-state index in [-0.39, 0.29) is 18.7 Å². The molecule has 0 radical (unpaired) electrons. The molecule has 6 nitrogen and oxygen atoms in total. The molecule has 1 amide bonds. The highest BCUT2D eigenvalue weighted by molar-refractivity contribution is 6.09. The summed E-state index contributed by atoms with van der Waals surface area (Å²) in [7, 11) is 3.70. The maximum atomic E-state index is 12.8. The van der Waals surface area contributed by atoms with E-state index in [0.717, 1.165) is 33.9 Å². The summed E-state index contributed by atoms with van der Waals surface area (Å²) in [5, 5.41) is 13.0. The molecule has 0 aromatic heterocycles. The number of hydrogen-bond acceptors (Lipinski definition) is 5. The lowest BCUT2D eigenvalue weighted by Gasteiger charge is -2.23. The number of carbonyl (C=O) groups excluding carboxylic acids is 1. The molecule has 0 saturated carbocycles. The van der Waals surface area contributed by atoms with Gasteiger partial charge in [-0.15, -0.1) is 0 Å². The molecular formula is C21H25N3O3. The maximum Gasteiger partial charge on any atom is 0.237 e. The quantitative estimate of drug-likeness (QED) is 0.870. The fourth-order valence-electron chi connectivity index (χ4n) is 4.07. The Bertz CT molecular complexity index is 892. The first-order chi connectivity index (χ1) is 12.9. The Balaban J connectivity index is 1.73. The topological polar surface area (TPSA) is 65.0 Å². The Kier molecular flexibility index (Phi) is 4.03. The highest BCUT2D eigenvalue weighted by Gasteiger charge is 2.45. The average Bonchev–Trinajstić information content (AvgIpc) is 3.08. The van der Waals surface area contributed by atoms with Crippen molar-refractivity contribution in [3.63, 3.8) is 0 Å². The highest BCUT2D eigenvalue weighted by Crippen LogP contribution is 2.49. The van der Waals surface area contributed by atoms with Crippen molar-refractivity contribution in [2.75, 3.05) is 42.4 Å². The summed E-state index contributed by atoms with van der Waals surface area (Å²) in [5.41, 5.74) is 4.49. The molecule has 0 aliphatic carbocycles. The zero-order chi connectivity index (χ0) is 19.3. The predicted molar refractivity (Wildman–Crippen MR) is 107 cm³/mol. The number of anilines is 3. The molecule has 2 aliphatic heterocycles. The molecule has 0 bridgehead atoms. The second-order valence-corrected chi connectivity index (χ2v) is 7.62. The van der Waals surface area contributed by atoms with Gasteiger partial charge >= 0.3 is 0 Å². The molecule has 4 rings (SSSR count). The van der Waals surface area contributed by atoms with E-state index in [1.807, 2.05) is 33.0 Å². The summed E-state index contributed by atoms with van der Waals surface area (Å²) in [6.45, 7) is 4.14. The molecule has 2 N–H and O–H groups in total. The van der Waals surface area contributed by atoms with Gasteiger partial charge in [-0.2, -0.15) is 0 Å². The zero-order valence-corrected chi connectivity index (χ0v) is 16.1. The second-order valence-electron chi connectivity index (χ2n) is 7.62. The van der Waals surface area contributed by atoms with Crippen LogP contribution in [0.1, 0.15) is 31.1 Å². The van der Waals surface area contributed by atoms with Crippen molar-refractivity contribution in [2.45, 2.75) is 25.4 Å². The summed E-state index contributed by atoms with van der Waals surface area (Å²) in [4.78, 5) is 16.7. The van der Waals surface area contributed by atoms with Crippen molar-refractivity contribution in [3.8, 4) is 5.75 Å². The Morgan fingerprint density at radius 3 is 2.52 bits per heavy atom. The highest BCUT2D eigenvalue weighted by atomic mass is 16.5. The summed E-state index contributed by atoms with van der Waals surface area (Å²) in [5.74, 6) is 0.861. The fraction of sp³-hybridized carbons (Fsp3) is 0.381. The monoisotopic (exact) mass is 367 g/mol. The Morgan fingerprint density at radius 2 is 1.89 bits per heavy atom. The molecule has 27 heavy (non-hydrogen) atoms. The Labute approximate surface area is 159 Å². The van der Waals surface area contributed by atoms with Crippen molar-refractivity contribution in [3.05, 3.63) is 47.5 Å². The molecule has 0 fully saturated rings. The number of benzene rings is 2. The van der Waals surface area contributed by atoms with Crippen LogP contribution in [0, 0.1) is 0 Å². The number of carbonyl (C=O) groups is 1. The van der Waals surface area contributed by atoms with E-state index in [2.05, 4.69) is 34.5 Å². The van der Waals surface area contributed by atoms with Crippen molar-refractivity contribution in [1.82, 2.24) is 0 Å². The third kappa shape index (κ3) is 2.55. The van der Waals surface area contributed by atoms with Gasteiger partial charge in [-0.25, -0.2) is 0 Å². The number of rotatable bonds is 4. The number of nitrogens with one attached hydrogen (secondary N) is 1. The van der Waals surface area contributed by atoms with Gasteiger partial charge in [0, 0.05) is 13.6 Å². The van der Waals surface area contributed by atoms with Crippen LogP contribution in [0.4, 0.5) is 17.1 Å². The molecule has 2 aliphatic rings. The van der Waals surface area contributed by atoms with Crippen molar-refractivity contribution >= 4 is 23.0 Å². The first-order valence-corrected chi connectivity index (χ1v) is 9.13. The van der Waals surface area contributed by atoms with Crippen molar-refractivity contribution < 1.29 is 14.6 Å². The molecule has 1 atom stereocenters. The number of fused-ring (bicyclic) bond motifs is 2. The minimum Gasteiger partial charge on any atom is -0.497 e. The Hall–Kier alpha value is -2.73. The Morgan fingerprint density at radius 1 is 1.19 bits per heavy atom. The largest absolute Gasteiger partial charge is 0.497 e. The maximum absolute atomic E-state index is 12.8. The second kappa shape index (κ2) is 6.16. The van der Waals surface area contributed by atoms with E-state index in [4.69, 9.17) is 4.74 Å². The number of amides is 1. The van der Waals surface area contributed by atoms with Gasteiger partial charge in [-0.05, 0) is 49.2 Å². The van der Waals surface area contributed by atoms with Gasteiger partial charge in [0.15, 0.2) is 0 Å². The zero-order valence-electron chi connectivity index (χ0n) is 16.1. The number of aliphatic hydroxyl groups is 1. The van der Waals surface area contributed by atoms with Crippen LogP contribution in [0.3, 0.4) is 0 Å². The van der Waals surface area contributed by atoms with E-state index in [1.54, 1.807) is 12.0 Å². The van der Waals surface area contributed by atoms with Gasteiger partial charge < -0.3 is 25.0 Å². The average molecular weight is 367 g/mol. The van der Waals surface area contributed by atoms with Crippen molar-refractivity contribution in [1.29, 1.82) is 0 Å². The normalized spacial score (nSPS) is 19.7. The lowest BCUT2D eigenvalue weighted by molar-refractivity contribution is -0.122. The van der Waals surface area contributed by atoms with Crippen molar-refractivity contribution in [2.24, 2.45) is 0 Å². The fourth-order valence-corrected chi connectivity index (χ4v) is 4.07. The predicted octanol–water partition coefficient (Wildman–Crippen LogP) is 2.87. The van der Waals surface area contributed by atoms with E-state index in [1.165, 1.54) is 0 Å². The van der Waals surface area contributed by atoms with Crippen LogP contribution in [-0.4, -0.2) is 38.3 Å². The minimum absolute atomic E-state index is 0.0125. The molecule has 0 spiro atoms. The van der Waals surface area contributed by atoms with Gasteiger partial charge in [-0.1, -0.05) is 12.1 Å². The molecule has 2 aromatic rings. The number of ether oxygens (including phenoxy) is 1. The first kappa shape index (κ1) is 17.7. The molecule has 0 saturated heterocycles. The van der Waals surface area contributed by atoms with Gasteiger partial charge in [0.2, 0.25) is 5.91 Å².